The summed E-state index contributed by atoms with van der Waals surface area (Å²) in [6.07, 6.45) is 3.39. The number of rotatable bonds is 3. The molecule has 2 aliphatic heterocycles. The standard InChI is InChI=1S/C14H18N2O2/c17-14(16-9-12-2-1-7-18-12)11-4-3-10-5-6-15-13(10)8-11/h3-4,8,12,15H,1-2,5-7,9H2,(H,16,17). The molecule has 1 unspecified atom stereocenters. The molecule has 1 aromatic carbocycles. The molecule has 2 N–H and O–H groups in total. The van der Waals surface area contributed by atoms with E-state index in [1.807, 2.05) is 18.2 Å². The molecule has 1 saturated heterocycles. The molecular weight excluding hydrogens is 228 g/mol. The summed E-state index contributed by atoms with van der Waals surface area (Å²) in [5.41, 5.74) is 3.12. The number of ether oxygens (including phenoxy) is 1. The van der Waals surface area contributed by atoms with Crippen molar-refractivity contribution in [1.29, 1.82) is 0 Å². The second-order valence-corrected chi connectivity index (χ2v) is 4.89. The molecule has 0 saturated carbocycles. The molecule has 4 nitrogen and oxygen atoms in total. The lowest BCUT2D eigenvalue weighted by Gasteiger charge is -2.11. The topological polar surface area (TPSA) is 50.4 Å². The number of anilines is 1. The lowest BCUT2D eigenvalue weighted by molar-refractivity contribution is 0.0858. The summed E-state index contributed by atoms with van der Waals surface area (Å²) in [5, 5.41) is 6.23. The van der Waals surface area contributed by atoms with Gasteiger partial charge in [0.25, 0.3) is 5.91 Å². The molecular formula is C14H18N2O2. The van der Waals surface area contributed by atoms with Crippen LogP contribution in [0.2, 0.25) is 0 Å². The van der Waals surface area contributed by atoms with Crippen LogP contribution in [0.15, 0.2) is 18.2 Å². The van der Waals surface area contributed by atoms with Gasteiger partial charge in [-0.3, -0.25) is 4.79 Å². The highest BCUT2D eigenvalue weighted by atomic mass is 16.5. The maximum Gasteiger partial charge on any atom is 0.251 e. The molecule has 0 aliphatic carbocycles. The molecule has 18 heavy (non-hydrogen) atoms. The number of nitrogens with one attached hydrogen (secondary N) is 2. The Morgan fingerprint density at radius 1 is 1.50 bits per heavy atom. The zero-order chi connectivity index (χ0) is 12.4. The van der Waals surface area contributed by atoms with E-state index in [0.29, 0.717) is 6.54 Å². The monoisotopic (exact) mass is 246 g/mol. The molecule has 1 fully saturated rings. The maximum absolute atomic E-state index is 12.0. The Morgan fingerprint density at radius 3 is 3.28 bits per heavy atom. The Labute approximate surface area is 107 Å². The van der Waals surface area contributed by atoms with Crippen molar-refractivity contribution >= 4 is 11.6 Å². The van der Waals surface area contributed by atoms with Crippen LogP contribution >= 0.6 is 0 Å². The third kappa shape index (κ3) is 2.34. The van der Waals surface area contributed by atoms with Gasteiger partial charge in [0, 0.05) is 30.9 Å². The Balaban J connectivity index is 1.61. The zero-order valence-electron chi connectivity index (χ0n) is 10.4. The predicted octanol–water partition coefficient (Wildman–Crippen LogP) is 1.56. The van der Waals surface area contributed by atoms with Gasteiger partial charge in [0.1, 0.15) is 0 Å². The number of fused-ring (bicyclic) bond motifs is 1. The SMILES string of the molecule is O=C(NCC1CCCO1)c1ccc2c(c1)NCC2. The van der Waals surface area contributed by atoms with Gasteiger partial charge in [0.2, 0.25) is 0 Å². The summed E-state index contributed by atoms with van der Waals surface area (Å²) in [7, 11) is 0. The van der Waals surface area contributed by atoms with Crippen LogP contribution in [0, 0.1) is 0 Å². The van der Waals surface area contributed by atoms with Crippen molar-refractivity contribution in [3.8, 4) is 0 Å². The van der Waals surface area contributed by atoms with Crippen LogP contribution in [0.5, 0.6) is 0 Å². The highest BCUT2D eigenvalue weighted by Gasteiger charge is 2.17. The molecule has 96 valence electrons. The first-order valence-electron chi connectivity index (χ1n) is 6.59. The van der Waals surface area contributed by atoms with Crippen LogP contribution in [0.3, 0.4) is 0 Å². The summed E-state index contributed by atoms with van der Waals surface area (Å²) >= 11 is 0. The van der Waals surface area contributed by atoms with Gasteiger partial charge in [0.05, 0.1) is 6.10 Å². The van der Waals surface area contributed by atoms with Gasteiger partial charge in [-0.15, -0.1) is 0 Å². The number of hydrogen-bond acceptors (Lipinski definition) is 3. The summed E-state index contributed by atoms with van der Waals surface area (Å²) in [4.78, 5) is 12.0. The molecule has 0 radical (unpaired) electrons. The summed E-state index contributed by atoms with van der Waals surface area (Å²) < 4.78 is 5.49. The van der Waals surface area contributed by atoms with Gasteiger partial charge in [-0.1, -0.05) is 6.07 Å². The minimum Gasteiger partial charge on any atom is -0.384 e. The maximum atomic E-state index is 12.0. The van der Waals surface area contributed by atoms with Gasteiger partial charge in [-0.2, -0.15) is 0 Å². The lowest BCUT2D eigenvalue weighted by atomic mass is 10.1. The van der Waals surface area contributed by atoms with E-state index in [2.05, 4.69) is 10.6 Å². The third-order valence-corrected chi connectivity index (χ3v) is 3.60. The number of carbonyl (C=O) groups is 1. The third-order valence-electron chi connectivity index (χ3n) is 3.60. The van der Waals surface area contributed by atoms with Gasteiger partial charge >= 0.3 is 0 Å². The van der Waals surface area contributed by atoms with Crippen molar-refractivity contribution in [2.24, 2.45) is 0 Å². The predicted molar refractivity (Wildman–Crippen MR) is 69.9 cm³/mol. The number of amides is 1. The molecule has 0 spiro atoms. The highest BCUT2D eigenvalue weighted by molar-refractivity contribution is 5.95. The second-order valence-electron chi connectivity index (χ2n) is 4.89. The van der Waals surface area contributed by atoms with E-state index in [1.165, 1.54) is 5.56 Å². The van der Waals surface area contributed by atoms with Crippen LogP contribution in [-0.2, 0) is 11.2 Å². The van der Waals surface area contributed by atoms with Gasteiger partial charge in [-0.25, -0.2) is 0 Å². The molecule has 1 atom stereocenters. The Morgan fingerprint density at radius 2 is 2.44 bits per heavy atom. The minimum absolute atomic E-state index is 0.0120. The average Bonchev–Trinajstić information content (AvgIpc) is 3.05. The van der Waals surface area contributed by atoms with Crippen molar-refractivity contribution in [3.63, 3.8) is 0 Å². The Kier molecular flexibility index (Phi) is 3.19. The highest BCUT2D eigenvalue weighted by Crippen LogP contribution is 2.23. The van der Waals surface area contributed by atoms with E-state index < -0.39 is 0 Å². The summed E-state index contributed by atoms with van der Waals surface area (Å²) in [6.45, 7) is 2.41. The normalized spacial score (nSPS) is 21.4. The molecule has 0 aromatic heterocycles. The zero-order valence-corrected chi connectivity index (χ0v) is 10.4. The number of benzene rings is 1. The van der Waals surface area contributed by atoms with Crippen LogP contribution in [0.4, 0.5) is 5.69 Å². The second kappa shape index (κ2) is 4.98. The van der Waals surface area contributed by atoms with Crippen LogP contribution in [-0.4, -0.2) is 31.7 Å². The quantitative estimate of drug-likeness (QED) is 0.851. The Hall–Kier alpha value is -1.55. The summed E-state index contributed by atoms with van der Waals surface area (Å²) in [6, 6.07) is 5.88. The van der Waals surface area contributed by atoms with E-state index in [1.54, 1.807) is 0 Å². The smallest absolute Gasteiger partial charge is 0.251 e. The lowest BCUT2D eigenvalue weighted by Crippen LogP contribution is -2.31. The molecule has 3 rings (SSSR count). The average molecular weight is 246 g/mol. The number of hydrogen-bond donors (Lipinski definition) is 2. The van der Waals surface area contributed by atoms with Gasteiger partial charge in [0.15, 0.2) is 0 Å². The van der Waals surface area contributed by atoms with Gasteiger partial charge in [-0.05, 0) is 37.0 Å². The van der Waals surface area contributed by atoms with Crippen LogP contribution in [0.1, 0.15) is 28.8 Å². The van der Waals surface area contributed by atoms with Crippen molar-refractivity contribution in [2.45, 2.75) is 25.4 Å². The van der Waals surface area contributed by atoms with Crippen molar-refractivity contribution in [3.05, 3.63) is 29.3 Å². The van der Waals surface area contributed by atoms with E-state index in [4.69, 9.17) is 4.74 Å². The molecule has 1 aromatic rings. The van der Waals surface area contributed by atoms with Crippen LogP contribution < -0.4 is 10.6 Å². The van der Waals surface area contributed by atoms with E-state index >= 15 is 0 Å². The van der Waals surface area contributed by atoms with Gasteiger partial charge < -0.3 is 15.4 Å². The molecule has 4 heteroatoms. The number of carbonyl (C=O) groups excluding carboxylic acids is 1. The Bertz CT molecular complexity index is 453. The first-order chi connectivity index (χ1) is 8.83. The molecule has 2 aliphatic rings. The van der Waals surface area contributed by atoms with Crippen LogP contribution in [0.25, 0.3) is 0 Å². The fourth-order valence-corrected chi connectivity index (χ4v) is 2.55. The molecule has 1 amide bonds. The fourth-order valence-electron chi connectivity index (χ4n) is 2.55. The molecule has 2 heterocycles. The van der Waals surface area contributed by atoms with Crippen molar-refractivity contribution < 1.29 is 9.53 Å². The van der Waals surface area contributed by atoms with Crippen molar-refractivity contribution in [2.75, 3.05) is 25.0 Å². The molecule has 0 bridgehead atoms. The van der Waals surface area contributed by atoms with E-state index in [-0.39, 0.29) is 12.0 Å². The summed E-state index contributed by atoms with van der Waals surface area (Å²) in [5.74, 6) is -0.0120. The van der Waals surface area contributed by atoms with Crippen molar-refractivity contribution in [1.82, 2.24) is 5.32 Å². The van der Waals surface area contributed by atoms with E-state index in [0.717, 1.165) is 43.7 Å². The van der Waals surface area contributed by atoms with E-state index in [9.17, 15) is 4.79 Å². The minimum atomic E-state index is -0.0120. The first-order valence-corrected chi connectivity index (χ1v) is 6.59. The first kappa shape index (κ1) is 11.5. The fraction of sp³-hybridized carbons (Fsp3) is 0.500. The largest absolute Gasteiger partial charge is 0.384 e.